The summed E-state index contributed by atoms with van der Waals surface area (Å²) in [6, 6.07) is 9.82. The van der Waals surface area contributed by atoms with Gasteiger partial charge in [-0.1, -0.05) is 57.0 Å². The van der Waals surface area contributed by atoms with Gasteiger partial charge in [0.25, 0.3) is 5.91 Å². The molecule has 0 saturated carbocycles. The first-order chi connectivity index (χ1) is 11.7. The summed E-state index contributed by atoms with van der Waals surface area (Å²) in [6.07, 6.45) is 5.92. The standard InChI is InChI=1S/C20H30N2O2/c1-3-5-15-21-19(24)20(17-11-8-7-9-12-17)14-10-13-18(23)22(20)16-6-4-2/h7-9,11-12H,3-6,10,13-16H2,1-2H3,(H,21,24). The molecule has 1 unspecified atom stereocenters. The molecule has 132 valence electrons. The third kappa shape index (κ3) is 3.80. The van der Waals surface area contributed by atoms with E-state index in [1.165, 1.54) is 0 Å². The number of benzene rings is 1. The van der Waals surface area contributed by atoms with Gasteiger partial charge in [0.15, 0.2) is 0 Å². The van der Waals surface area contributed by atoms with Crippen molar-refractivity contribution in [3.63, 3.8) is 0 Å². The number of rotatable bonds is 8. The van der Waals surface area contributed by atoms with Gasteiger partial charge in [0.1, 0.15) is 5.54 Å². The van der Waals surface area contributed by atoms with E-state index in [0.29, 0.717) is 25.9 Å². The molecule has 1 saturated heterocycles. The van der Waals surface area contributed by atoms with Gasteiger partial charge in [-0.05, 0) is 31.2 Å². The molecule has 0 radical (unpaired) electrons. The molecular weight excluding hydrogens is 300 g/mol. The Labute approximate surface area is 145 Å². The van der Waals surface area contributed by atoms with Crippen molar-refractivity contribution in [3.8, 4) is 0 Å². The van der Waals surface area contributed by atoms with Crippen molar-refractivity contribution >= 4 is 11.8 Å². The smallest absolute Gasteiger partial charge is 0.250 e. The van der Waals surface area contributed by atoms with Crippen LogP contribution in [0.25, 0.3) is 0 Å². The van der Waals surface area contributed by atoms with Crippen LogP contribution < -0.4 is 5.32 Å². The molecule has 1 aliphatic heterocycles. The Morgan fingerprint density at radius 3 is 2.54 bits per heavy atom. The second kappa shape index (κ2) is 8.86. The SMILES string of the molecule is CCCCNC(=O)C1(c2ccccc2)CCCC(=O)N1CCCC. The van der Waals surface area contributed by atoms with Gasteiger partial charge >= 0.3 is 0 Å². The highest BCUT2D eigenvalue weighted by Crippen LogP contribution is 2.39. The largest absolute Gasteiger partial charge is 0.354 e. The summed E-state index contributed by atoms with van der Waals surface area (Å²) in [4.78, 5) is 27.7. The number of hydrogen-bond donors (Lipinski definition) is 1. The number of likely N-dealkylation sites (tertiary alicyclic amines) is 1. The van der Waals surface area contributed by atoms with Crippen molar-refractivity contribution in [1.29, 1.82) is 0 Å². The number of carbonyl (C=O) groups is 2. The predicted octanol–water partition coefficient (Wildman–Crippen LogP) is 3.61. The van der Waals surface area contributed by atoms with Crippen molar-refractivity contribution in [2.24, 2.45) is 0 Å². The fourth-order valence-electron chi connectivity index (χ4n) is 3.52. The lowest BCUT2D eigenvalue weighted by Gasteiger charge is -2.46. The highest BCUT2D eigenvalue weighted by molar-refractivity contribution is 5.93. The predicted molar refractivity (Wildman–Crippen MR) is 96.5 cm³/mol. The Kier molecular flexibility index (Phi) is 6.83. The first-order valence-corrected chi connectivity index (χ1v) is 9.31. The molecule has 0 aliphatic carbocycles. The summed E-state index contributed by atoms with van der Waals surface area (Å²) in [6.45, 7) is 5.53. The van der Waals surface area contributed by atoms with Crippen LogP contribution in [0.4, 0.5) is 0 Å². The van der Waals surface area contributed by atoms with Crippen molar-refractivity contribution < 1.29 is 9.59 Å². The van der Waals surface area contributed by atoms with Gasteiger partial charge in [0, 0.05) is 19.5 Å². The van der Waals surface area contributed by atoms with E-state index in [9.17, 15) is 9.59 Å². The van der Waals surface area contributed by atoms with Crippen LogP contribution in [0.2, 0.25) is 0 Å². The quantitative estimate of drug-likeness (QED) is 0.740. The van der Waals surface area contributed by atoms with Gasteiger partial charge < -0.3 is 10.2 Å². The normalized spacial score (nSPS) is 20.9. The average molecular weight is 330 g/mol. The minimum Gasteiger partial charge on any atom is -0.354 e. The Morgan fingerprint density at radius 1 is 1.17 bits per heavy atom. The molecule has 4 heteroatoms. The first-order valence-electron chi connectivity index (χ1n) is 9.31. The minimum atomic E-state index is -0.848. The van der Waals surface area contributed by atoms with E-state index in [0.717, 1.165) is 37.7 Å². The fraction of sp³-hybridized carbons (Fsp3) is 0.600. The topological polar surface area (TPSA) is 49.4 Å². The van der Waals surface area contributed by atoms with Gasteiger partial charge in [-0.3, -0.25) is 9.59 Å². The third-order valence-electron chi connectivity index (χ3n) is 4.87. The molecule has 4 nitrogen and oxygen atoms in total. The third-order valence-corrected chi connectivity index (χ3v) is 4.87. The van der Waals surface area contributed by atoms with Crippen LogP contribution in [-0.2, 0) is 15.1 Å². The van der Waals surface area contributed by atoms with E-state index in [-0.39, 0.29) is 11.8 Å². The number of hydrogen-bond acceptors (Lipinski definition) is 2. The molecule has 24 heavy (non-hydrogen) atoms. The summed E-state index contributed by atoms with van der Waals surface area (Å²) in [5.41, 5.74) is 0.0858. The molecule has 0 aromatic heterocycles. The van der Waals surface area contributed by atoms with E-state index < -0.39 is 5.54 Å². The average Bonchev–Trinajstić information content (AvgIpc) is 2.61. The maximum Gasteiger partial charge on any atom is 0.250 e. The molecule has 1 fully saturated rings. The molecule has 1 heterocycles. The van der Waals surface area contributed by atoms with Gasteiger partial charge in [-0.15, -0.1) is 0 Å². The van der Waals surface area contributed by atoms with Crippen LogP contribution in [0.3, 0.4) is 0 Å². The Balaban J connectivity index is 2.39. The molecule has 2 rings (SSSR count). The second-order valence-corrected chi connectivity index (χ2v) is 6.59. The maximum atomic E-state index is 13.2. The second-order valence-electron chi connectivity index (χ2n) is 6.59. The molecule has 1 N–H and O–H groups in total. The number of nitrogens with zero attached hydrogens (tertiary/aromatic N) is 1. The van der Waals surface area contributed by atoms with E-state index >= 15 is 0 Å². The summed E-state index contributed by atoms with van der Waals surface area (Å²) >= 11 is 0. The van der Waals surface area contributed by atoms with Crippen molar-refractivity contribution in [2.75, 3.05) is 13.1 Å². The fourth-order valence-corrected chi connectivity index (χ4v) is 3.52. The lowest BCUT2D eigenvalue weighted by atomic mass is 9.79. The van der Waals surface area contributed by atoms with Crippen LogP contribution in [0.15, 0.2) is 30.3 Å². The summed E-state index contributed by atoms with van der Waals surface area (Å²) in [5, 5.41) is 3.09. The number of unbranched alkanes of at least 4 members (excludes halogenated alkanes) is 2. The number of piperidine rings is 1. The van der Waals surface area contributed by atoms with Crippen LogP contribution in [-0.4, -0.2) is 29.8 Å². The Hall–Kier alpha value is -1.84. The van der Waals surface area contributed by atoms with E-state index in [1.54, 1.807) is 0 Å². The van der Waals surface area contributed by atoms with E-state index in [1.807, 2.05) is 35.2 Å². The van der Waals surface area contributed by atoms with Gasteiger partial charge in [-0.2, -0.15) is 0 Å². The molecule has 1 aromatic rings. The van der Waals surface area contributed by atoms with Crippen molar-refractivity contribution in [2.45, 2.75) is 64.3 Å². The van der Waals surface area contributed by atoms with Crippen molar-refractivity contribution in [1.82, 2.24) is 10.2 Å². The zero-order valence-electron chi connectivity index (χ0n) is 15.0. The number of amides is 2. The van der Waals surface area contributed by atoms with Gasteiger partial charge in [-0.25, -0.2) is 0 Å². The highest BCUT2D eigenvalue weighted by atomic mass is 16.2. The molecule has 0 spiro atoms. The molecular formula is C20H30N2O2. The summed E-state index contributed by atoms with van der Waals surface area (Å²) in [5.74, 6) is 0.0792. The van der Waals surface area contributed by atoms with Crippen LogP contribution >= 0.6 is 0 Å². The first kappa shape index (κ1) is 18.5. The molecule has 1 aromatic carbocycles. The molecule has 2 amide bonds. The van der Waals surface area contributed by atoms with Crippen LogP contribution in [0.5, 0.6) is 0 Å². The molecule has 1 atom stereocenters. The van der Waals surface area contributed by atoms with E-state index in [4.69, 9.17) is 0 Å². The lowest BCUT2D eigenvalue weighted by Crippen LogP contribution is -2.60. The zero-order chi connectivity index (χ0) is 17.4. The Morgan fingerprint density at radius 2 is 1.88 bits per heavy atom. The zero-order valence-corrected chi connectivity index (χ0v) is 15.0. The van der Waals surface area contributed by atoms with Crippen molar-refractivity contribution in [3.05, 3.63) is 35.9 Å². The molecule has 0 bridgehead atoms. The monoisotopic (exact) mass is 330 g/mol. The van der Waals surface area contributed by atoms with Crippen LogP contribution in [0, 0.1) is 0 Å². The van der Waals surface area contributed by atoms with E-state index in [2.05, 4.69) is 19.2 Å². The maximum absolute atomic E-state index is 13.2. The van der Waals surface area contributed by atoms with Gasteiger partial charge in [0.05, 0.1) is 0 Å². The lowest BCUT2D eigenvalue weighted by molar-refractivity contribution is -0.153. The Bertz CT molecular complexity index is 544. The summed E-state index contributed by atoms with van der Waals surface area (Å²) < 4.78 is 0. The molecule has 1 aliphatic rings. The highest BCUT2D eigenvalue weighted by Gasteiger charge is 2.49. The number of nitrogens with one attached hydrogen (secondary N) is 1. The minimum absolute atomic E-state index is 0.0219. The summed E-state index contributed by atoms with van der Waals surface area (Å²) in [7, 11) is 0. The van der Waals surface area contributed by atoms with Gasteiger partial charge in [0.2, 0.25) is 5.91 Å². The van der Waals surface area contributed by atoms with Crippen LogP contribution in [0.1, 0.15) is 64.4 Å². The number of carbonyl (C=O) groups excluding carboxylic acids is 2.